The van der Waals surface area contributed by atoms with Gasteiger partial charge in [0.25, 0.3) is 0 Å². The van der Waals surface area contributed by atoms with E-state index in [0.717, 1.165) is 22.2 Å². The van der Waals surface area contributed by atoms with E-state index < -0.39 is 0 Å². The molecule has 2 heteroatoms. The van der Waals surface area contributed by atoms with Gasteiger partial charge in [-0.3, -0.25) is 0 Å². The first kappa shape index (κ1) is 10.7. The quantitative estimate of drug-likeness (QED) is 0.658. The van der Waals surface area contributed by atoms with Gasteiger partial charge in [-0.1, -0.05) is 48.5 Å². The van der Waals surface area contributed by atoms with E-state index >= 15 is 0 Å². The molecule has 0 spiro atoms. The van der Waals surface area contributed by atoms with E-state index in [1.54, 1.807) is 12.5 Å². The van der Waals surface area contributed by atoms with Gasteiger partial charge in [0, 0.05) is 22.7 Å². The van der Waals surface area contributed by atoms with Crippen LogP contribution in [0.3, 0.4) is 0 Å². The molecule has 1 heterocycles. The van der Waals surface area contributed by atoms with E-state index in [9.17, 15) is 0 Å². The predicted octanol–water partition coefficient (Wildman–Crippen LogP) is 4.55. The third-order valence-electron chi connectivity index (χ3n) is 2.81. The van der Waals surface area contributed by atoms with Crippen molar-refractivity contribution in [1.29, 1.82) is 0 Å². The van der Waals surface area contributed by atoms with Crippen LogP contribution in [0.2, 0.25) is 0 Å². The zero-order valence-electron chi connectivity index (χ0n) is 9.84. The van der Waals surface area contributed by atoms with Crippen LogP contribution in [-0.4, -0.2) is 4.98 Å². The van der Waals surface area contributed by atoms with Crippen LogP contribution in [0.4, 0.5) is 0 Å². The Bertz CT molecular complexity index is 693. The number of H-pyrrole nitrogens is 1. The van der Waals surface area contributed by atoms with Gasteiger partial charge in [-0.15, -0.1) is 0 Å². The fraction of sp³-hybridized carbons (Fsp3) is 0. The fourth-order valence-corrected chi connectivity index (χ4v) is 1.91. The van der Waals surface area contributed by atoms with E-state index in [1.165, 1.54) is 0 Å². The number of hydrogen-bond donors (Lipinski definition) is 1. The van der Waals surface area contributed by atoms with Crippen molar-refractivity contribution in [2.24, 2.45) is 0 Å². The van der Waals surface area contributed by atoms with E-state index in [-0.39, 0.29) is 0 Å². The summed E-state index contributed by atoms with van der Waals surface area (Å²) in [5, 5.41) is 1.11. The van der Waals surface area contributed by atoms with E-state index in [1.807, 2.05) is 54.6 Å². The molecule has 2 nitrogen and oxygen atoms in total. The summed E-state index contributed by atoms with van der Waals surface area (Å²) in [6.07, 6.45) is 3.46. The molecular formula is C16H13NO. The van der Waals surface area contributed by atoms with Crippen LogP contribution in [0, 0.1) is 0 Å². The molecule has 3 aromatic rings. The Morgan fingerprint density at radius 3 is 2.50 bits per heavy atom. The van der Waals surface area contributed by atoms with Gasteiger partial charge >= 0.3 is 0 Å². The Kier molecular flexibility index (Phi) is 2.84. The monoisotopic (exact) mass is 235 g/mol. The lowest BCUT2D eigenvalue weighted by molar-refractivity contribution is 0.568. The molecule has 0 unspecified atom stereocenters. The minimum absolute atomic E-state index is 0.848. The van der Waals surface area contributed by atoms with Gasteiger partial charge in [0.15, 0.2) is 0 Å². The maximum absolute atomic E-state index is 5.64. The maximum Gasteiger partial charge on any atom is 0.134 e. The molecule has 88 valence electrons. The Hall–Kier alpha value is -2.48. The molecule has 0 fully saturated rings. The summed E-state index contributed by atoms with van der Waals surface area (Å²) in [5.74, 6) is 0.848. The van der Waals surface area contributed by atoms with Gasteiger partial charge < -0.3 is 9.40 Å². The molecule has 18 heavy (non-hydrogen) atoms. The van der Waals surface area contributed by atoms with Crippen molar-refractivity contribution in [3.05, 3.63) is 73.1 Å². The highest BCUT2D eigenvalue weighted by Gasteiger charge is 1.98. The molecule has 0 aliphatic carbocycles. The summed E-state index contributed by atoms with van der Waals surface area (Å²) in [6.45, 7) is 0. The normalized spacial score (nSPS) is 10.2. The molecule has 0 bridgehead atoms. The van der Waals surface area contributed by atoms with Crippen LogP contribution < -0.4 is 0 Å². The molecule has 0 atom stereocenters. The molecule has 0 saturated carbocycles. The number of para-hydroxylation sites is 1. The van der Waals surface area contributed by atoms with Gasteiger partial charge in [-0.25, -0.2) is 0 Å². The molecule has 0 amide bonds. The first-order valence-electron chi connectivity index (χ1n) is 5.88. The molecule has 0 radical (unpaired) electrons. The molecule has 0 saturated heterocycles. The highest BCUT2D eigenvalue weighted by atomic mass is 16.3. The Morgan fingerprint density at radius 1 is 0.833 bits per heavy atom. The van der Waals surface area contributed by atoms with E-state index in [2.05, 4.69) is 11.1 Å². The number of aromatic nitrogens is 1. The highest BCUT2D eigenvalue weighted by Crippen LogP contribution is 2.20. The van der Waals surface area contributed by atoms with Crippen molar-refractivity contribution in [2.45, 2.75) is 0 Å². The average Bonchev–Trinajstić information content (AvgIpc) is 2.41. The molecule has 1 aromatic heterocycles. The average molecular weight is 235 g/mol. The summed E-state index contributed by atoms with van der Waals surface area (Å²) in [4.78, 5) is 3.19. The first-order chi connectivity index (χ1) is 8.93. The minimum atomic E-state index is 0.848. The second kappa shape index (κ2) is 4.80. The molecule has 0 aliphatic heterocycles. The number of hydrogen-bond acceptors (Lipinski definition) is 1. The molecule has 2 aromatic carbocycles. The zero-order chi connectivity index (χ0) is 12.2. The largest absolute Gasteiger partial charge is 0.463 e. The number of aromatic amines is 1. The lowest BCUT2D eigenvalue weighted by Crippen LogP contribution is -1.78. The maximum atomic E-state index is 5.64. The van der Waals surface area contributed by atoms with Gasteiger partial charge in [0.05, 0.1) is 0 Å². The van der Waals surface area contributed by atoms with Crippen LogP contribution in [0.25, 0.3) is 22.2 Å². The smallest absolute Gasteiger partial charge is 0.134 e. The zero-order valence-corrected chi connectivity index (χ0v) is 9.84. The van der Waals surface area contributed by atoms with Crippen LogP contribution in [-0.2, 0) is 0 Å². The summed E-state index contributed by atoms with van der Waals surface area (Å²) >= 11 is 0. The summed E-state index contributed by atoms with van der Waals surface area (Å²) in [6, 6.07) is 20.3. The van der Waals surface area contributed by atoms with Crippen LogP contribution in [0.15, 0.2) is 77.5 Å². The Balaban J connectivity index is 2.28. The summed E-state index contributed by atoms with van der Waals surface area (Å²) in [7, 11) is 0. The van der Waals surface area contributed by atoms with Crippen molar-refractivity contribution in [2.75, 3.05) is 0 Å². The molecular weight excluding hydrogens is 222 g/mol. The highest BCUT2D eigenvalue weighted by molar-refractivity contribution is 5.80. The lowest BCUT2D eigenvalue weighted by Gasteiger charge is -2.00. The van der Waals surface area contributed by atoms with Crippen molar-refractivity contribution in [1.82, 2.24) is 4.98 Å². The fourth-order valence-electron chi connectivity index (χ4n) is 1.91. The Morgan fingerprint density at radius 2 is 1.61 bits per heavy atom. The van der Waals surface area contributed by atoms with Gasteiger partial charge in [0.2, 0.25) is 0 Å². The third-order valence-corrected chi connectivity index (χ3v) is 2.81. The van der Waals surface area contributed by atoms with Crippen molar-refractivity contribution >= 4 is 10.9 Å². The van der Waals surface area contributed by atoms with Gasteiger partial charge in [-0.2, -0.15) is 0 Å². The van der Waals surface area contributed by atoms with Crippen molar-refractivity contribution in [3.63, 3.8) is 0 Å². The topological polar surface area (TPSA) is 28.9 Å². The number of rotatable bonds is 1. The van der Waals surface area contributed by atoms with Crippen LogP contribution in [0.1, 0.15) is 0 Å². The number of benzene rings is 2. The SMILES string of the molecule is c1ccc(-c2cc3ccccc3[nH]cco2)cc1. The van der Waals surface area contributed by atoms with Gasteiger partial charge in [-0.05, 0) is 12.1 Å². The van der Waals surface area contributed by atoms with E-state index in [0.29, 0.717) is 0 Å². The minimum Gasteiger partial charge on any atom is -0.463 e. The predicted molar refractivity (Wildman–Crippen MR) is 73.6 cm³/mol. The first-order valence-corrected chi connectivity index (χ1v) is 5.88. The summed E-state index contributed by atoms with van der Waals surface area (Å²) < 4.78 is 5.64. The molecule has 0 aliphatic rings. The van der Waals surface area contributed by atoms with Gasteiger partial charge in [0.1, 0.15) is 12.0 Å². The van der Waals surface area contributed by atoms with E-state index in [4.69, 9.17) is 4.42 Å². The molecule has 3 rings (SSSR count). The third kappa shape index (κ3) is 2.13. The lowest BCUT2D eigenvalue weighted by atomic mass is 10.1. The van der Waals surface area contributed by atoms with Crippen molar-refractivity contribution < 1.29 is 4.42 Å². The Labute approximate surface area is 105 Å². The molecule has 1 N–H and O–H groups in total. The standard InChI is InChI=1S/C16H13NO/c1-2-6-13(7-3-1)16-12-14-8-4-5-9-15(14)17-10-11-18-16/h1-12,17H. The summed E-state index contributed by atoms with van der Waals surface area (Å²) in [5.41, 5.74) is 2.14. The van der Waals surface area contributed by atoms with Crippen molar-refractivity contribution in [3.8, 4) is 11.3 Å². The second-order valence-corrected chi connectivity index (χ2v) is 4.03. The van der Waals surface area contributed by atoms with Crippen LogP contribution in [0.5, 0.6) is 0 Å². The second-order valence-electron chi connectivity index (χ2n) is 4.03. The number of nitrogens with one attached hydrogen (secondary N) is 1. The van der Waals surface area contributed by atoms with Crippen LogP contribution >= 0.6 is 0 Å². The number of fused-ring (bicyclic) bond motifs is 1.